The lowest BCUT2D eigenvalue weighted by molar-refractivity contribution is 0.0291. The van der Waals surface area contributed by atoms with Gasteiger partial charge in [-0.1, -0.05) is 55.4 Å². The molecular weight excluding hydrogens is 366 g/mol. The third-order valence-electron chi connectivity index (χ3n) is 6.08. The van der Waals surface area contributed by atoms with Crippen LogP contribution in [0.5, 0.6) is 0 Å². The van der Waals surface area contributed by atoms with Gasteiger partial charge < -0.3 is 23.0 Å². The van der Waals surface area contributed by atoms with Crippen LogP contribution in [0.3, 0.4) is 0 Å². The largest absolute Gasteiger partial charge is 0.465 e. The van der Waals surface area contributed by atoms with E-state index >= 15 is 0 Å². The first kappa shape index (κ1) is 21.9. The van der Waals surface area contributed by atoms with Crippen LogP contribution in [-0.4, -0.2) is 58.5 Å². The Kier molecular flexibility index (Phi) is 6.65. The highest BCUT2D eigenvalue weighted by Crippen LogP contribution is 2.47. The summed E-state index contributed by atoms with van der Waals surface area (Å²) in [5.74, 6) is 0. The molecule has 0 bridgehead atoms. The van der Waals surface area contributed by atoms with E-state index in [4.69, 9.17) is 13.0 Å². The summed E-state index contributed by atoms with van der Waals surface area (Å²) in [5.41, 5.74) is 1.08. The molecule has 26 heavy (non-hydrogen) atoms. The van der Waals surface area contributed by atoms with E-state index in [9.17, 15) is 9.90 Å². The van der Waals surface area contributed by atoms with Gasteiger partial charge in [0.2, 0.25) is 0 Å². The molecule has 8 heteroatoms. The molecular formula is C18H37NO5Si2. The number of hydrogen-bond donors (Lipinski definition) is 1. The second kappa shape index (κ2) is 7.91. The smallest absolute Gasteiger partial charge is 0.407 e. The molecule has 1 amide bonds. The maximum Gasteiger partial charge on any atom is 0.407 e. The summed E-state index contributed by atoms with van der Waals surface area (Å²) in [7, 11) is -5.20. The molecule has 0 aromatic heterocycles. The number of carboxylic acid groups (broad SMARTS) is 1. The Labute approximate surface area is 160 Å². The van der Waals surface area contributed by atoms with Crippen molar-refractivity contribution in [1.82, 2.24) is 4.90 Å². The highest BCUT2D eigenvalue weighted by atomic mass is 28.5. The average Bonchev–Trinajstić information content (AvgIpc) is 2.88. The van der Waals surface area contributed by atoms with E-state index in [1.807, 2.05) is 0 Å². The Morgan fingerprint density at radius 1 is 0.962 bits per heavy atom. The predicted octanol–water partition coefficient (Wildman–Crippen LogP) is 4.70. The number of nitrogens with zero attached hydrogens (tertiary/aromatic N) is 1. The van der Waals surface area contributed by atoms with Gasteiger partial charge in [0, 0.05) is 6.54 Å². The Morgan fingerprint density at radius 3 is 1.88 bits per heavy atom. The fourth-order valence-electron chi connectivity index (χ4n) is 4.56. The predicted molar refractivity (Wildman–Crippen MR) is 107 cm³/mol. The molecule has 2 fully saturated rings. The van der Waals surface area contributed by atoms with E-state index in [1.165, 1.54) is 4.90 Å². The van der Waals surface area contributed by atoms with Crippen molar-refractivity contribution in [3.05, 3.63) is 0 Å². The van der Waals surface area contributed by atoms with Crippen LogP contribution in [0.15, 0.2) is 0 Å². The third-order valence-corrected chi connectivity index (χ3v) is 16.4. The Morgan fingerprint density at radius 2 is 1.46 bits per heavy atom. The molecule has 2 unspecified atom stereocenters. The molecule has 1 N–H and O–H groups in total. The summed E-state index contributed by atoms with van der Waals surface area (Å²) in [6, 6.07) is -0.231. The summed E-state index contributed by atoms with van der Waals surface area (Å²) in [4.78, 5) is 13.2. The van der Waals surface area contributed by atoms with Crippen LogP contribution < -0.4 is 0 Å². The highest BCUT2D eigenvalue weighted by Gasteiger charge is 2.60. The molecule has 2 aliphatic heterocycles. The van der Waals surface area contributed by atoms with E-state index in [0.29, 0.717) is 13.2 Å². The van der Waals surface area contributed by atoms with Gasteiger partial charge in [-0.15, -0.1) is 0 Å². The van der Waals surface area contributed by atoms with Gasteiger partial charge >= 0.3 is 23.2 Å². The number of fused-ring (bicyclic) bond motifs is 1. The minimum absolute atomic E-state index is 0.131. The van der Waals surface area contributed by atoms with Crippen molar-refractivity contribution in [1.29, 1.82) is 0 Å². The lowest BCUT2D eigenvalue weighted by Gasteiger charge is -2.51. The van der Waals surface area contributed by atoms with Gasteiger partial charge in [0.25, 0.3) is 0 Å². The fraction of sp³-hybridized carbons (Fsp3) is 0.944. The molecule has 0 radical (unpaired) electrons. The summed E-state index contributed by atoms with van der Waals surface area (Å²) in [5, 5.41) is 9.62. The van der Waals surface area contributed by atoms with E-state index in [1.54, 1.807) is 0 Å². The van der Waals surface area contributed by atoms with Crippen molar-refractivity contribution < 1.29 is 22.9 Å². The Hall–Kier alpha value is -0.416. The lowest BCUT2D eigenvalue weighted by Crippen LogP contribution is -2.65. The molecule has 0 aromatic carbocycles. The minimum atomic E-state index is -2.61. The van der Waals surface area contributed by atoms with Gasteiger partial charge in [-0.25, -0.2) is 4.79 Å². The van der Waals surface area contributed by atoms with E-state index < -0.39 is 23.2 Å². The summed E-state index contributed by atoms with van der Waals surface area (Å²) in [6.45, 7) is 18.3. The molecule has 6 nitrogen and oxygen atoms in total. The molecule has 0 aromatic rings. The van der Waals surface area contributed by atoms with Crippen LogP contribution in [0.25, 0.3) is 0 Å². The maximum atomic E-state index is 11.7. The van der Waals surface area contributed by atoms with Gasteiger partial charge in [-0.3, -0.25) is 0 Å². The number of rotatable bonds is 4. The Balaban J connectivity index is 2.53. The van der Waals surface area contributed by atoms with Crippen molar-refractivity contribution >= 4 is 23.2 Å². The van der Waals surface area contributed by atoms with E-state index in [0.717, 1.165) is 6.42 Å². The second-order valence-corrected chi connectivity index (χ2v) is 17.8. The molecule has 0 aliphatic carbocycles. The van der Waals surface area contributed by atoms with Crippen molar-refractivity contribution in [3.63, 3.8) is 0 Å². The van der Waals surface area contributed by atoms with E-state index in [-0.39, 0.29) is 34.3 Å². The summed E-state index contributed by atoms with van der Waals surface area (Å²) in [6.07, 6.45) is -0.293. The van der Waals surface area contributed by atoms with Gasteiger partial charge in [0.05, 0.1) is 18.8 Å². The molecule has 2 atom stereocenters. The monoisotopic (exact) mass is 403 g/mol. The second-order valence-electron chi connectivity index (χ2n) is 8.96. The summed E-state index contributed by atoms with van der Waals surface area (Å²) >= 11 is 0. The molecule has 2 rings (SSSR count). The topological polar surface area (TPSA) is 68.2 Å². The fourth-order valence-corrected chi connectivity index (χ4v) is 15.8. The minimum Gasteiger partial charge on any atom is -0.465 e. The first-order valence-corrected chi connectivity index (χ1v) is 13.9. The number of likely N-dealkylation sites (tertiary alicyclic amines) is 1. The van der Waals surface area contributed by atoms with Crippen LogP contribution >= 0.6 is 0 Å². The van der Waals surface area contributed by atoms with Crippen LogP contribution in [-0.2, 0) is 13.0 Å². The zero-order chi connectivity index (χ0) is 19.9. The number of amides is 1. The SMILES string of the molecule is CC(C)[Si]1(C(C)C)OCC2C(CCN2C(=O)O)O[Si](C(C)C)(C(C)C)O1. The van der Waals surface area contributed by atoms with Crippen LogP contribution in [0.4, 0.5) is 4.79 Å². The van der Waals surface area contributed by atoms with Crippen molar-refractivity contribution in [2.24, 2.45) is 0 Å². The zero-order valence-electron chi connectivity index (χ0n) is 17.6. The highest BCUT2D eigenvalue weighted by molar-refractivity contribution is 6.83. The number of hydrogen-bond acceptors (Lipinski definition) is 4. The standard InChI is InChI=1S/C18H37NO5Si2/c1-12(2)25(13(3)4)22-11-16-17(9-10-19(16)18(20)21)23-26(24-25,14(5)6)15(7)8/h12-17H,9-11H2,1-8H3,(H,20,21). The molecule has 0 spiro atoms. The van der Waals surface area contributed by atoms with Crippen LogP contribution in [0.2, 0.25) is 22.2 Å². The first-order valence-electron chi connectivity index (χ1n) is 9.99. The van der Waals surface area contributed by atoms with Crippen molar-refractivity contribution in [2.45, 2.75) is 96.1 Å². The van der Waals surface area contributed by atoms with Crippen molar-refractivity contribution in [3.8, 4) is 0 Å². The molecule has 2 aliphatic rings. The maximum absolute atomic E-state index is 11.7. The van der Waals surface area contributed by atoms with E-state index in [2.05, 4.69) is 55.4 Å². The zero-order valence-corrected chi connectivity index (χ0v) is 19.6. The number of carbonyl (C=O) groups is 1. The quantitative estimate of drug-likeness (QED) is 0.689. The van der Waals surface area contributed by atoms with Crippen LogP contribution in [0.1, 0.15) is 61.8 Å². The molecule has 2 heterocycles. The lowest BCUT2D eigenvalue weighted by atomic mass is 10.2. The van der Waals surface area contributed by atoms with Crippen LogP contribution in [0, 0.1) is 0 Å². The molecule has 152 valence electrons. The molecule has 0 saturated carbocycles. The normalized spacial score (nSPS) is 28.5. The first-order chi connectivity index (χ1) is 12.0. The average molecular weight is 404 g/mol. The molecule has 2 saturated heterocycles. The van der Waals surface area contributed by atoms with Gasteiger partial charge in [-0.2, -0.15) is 0 Å². The van der Waals surface area contributed by atoms with Crippen molar-refractivity contribution in [2.75, 3.05) is 13.2 Å². The Bertz CT molecular complexity index is 496. The van der Waals surface area contributed by atoms with Gasteiger partial charge in [-0.05, 0) is 28.6 Å². The van der Waals surface area contributed by atoms with Gasteiger partial charge in [0.1, 0.15) is 0 Å². The third kappa shape index (κ3) is 3.63. The summed E-state index contributed by atoms with van der Waals surface area (Å²) < 4.78 is 20.5. The van der Waals surface area contributed by atoms with Gasteiger partial charge in [0.15, 0.2) is 0 Å².